The number of para-hydroxylation sites is 2. The van der Waals surface area contributed by atoms with Crippen LogP contribution in [0.3, 0.4) is 0 Å². The highest BCUT2D eigenvalue weighted by Gasteiger charge is 2.24. The van der Waals surface area contributed by atoms with Gasteiger partial charge < -0.3 is 8.98 Å². The van der Waals surface area contributed by atoms with Crippen LogP contribution in [0.5, 0.6) is 0 Å². The van der Waals surface area contributed by atoms with Crippen LogP contribution in [0.25, 0.3) is 135 Å². The van der Waals surface area contributed by atoms with Gasteiger partial charge in [0.05, 0.1) is 21.4 Å². The average molecular weight is 827 g/mol. The number of benzene rings is 9. The summed E-state index contributed by atoms with van der Waals surface area (Å²) in [6.07, 6.45) is 0. The Morgan fingerprint density at radius 2 is 0.935 bits per heavy atom. The first-order valence-corrected chi connectivity index (χ1v) is 22.3. The summed E-state index contributed by atoms with van der Waals surface area (Å²) < 4.78 is 13.7. The van der Waals surface area contributed by atoms with E-state index in [1.54, 1.807) is 11.3 Å². The Balaban J connectivity index is 1.09. The van der Waals surface area contributed by atoms with Gasteiger partial charge >= 0.3 is 0 Å². The van der Waals surface area contributed by atoms with Crippen LogP contribution in [0.2, 0.25) is 0 Å². The molecule has 0 saturated carbocycles. The molecule has 0 spiro atoms. The fourth-order valence-corrected chi connectivity index (χ4v) is 12.1. The van der Waals surface area contributed by atoms with Crippen molar-refractivity contribution < 1.29 is 4.42 Å². The molecule has 0 saturated heterocycles. The van der Waals surface area contributed by atoms with Crippen molar-refractivity contribution in [3.05, 3.63) is 182 Å². The van der Waals surface area contributed by atoms with Crippen molar-refractivity contribution in [1.82, 2.24) is 19.5 Å². The molecule has 0 unspecified atom stereocenters. The highest BCUT2D eigenvalue weighted by Crippen LogP contribution is 2.46. The third-order valence-corrected chi connectivity index (χ3v) is 14.8. The average Bonchev–Trinajstić information content (AvgIpc) is 4.09. The van der Waals surface area contributed by atoms with E-state index in [-0.39, 0.29) is 0 Å². The first-order chi connectivity index (χ1) is 30.7. The fourth-order valence-electron chi connectivity index (χ4n) is 9.75. The second kappa shape index (κ2) is 12.9. The van der Waals surface area contributed by atoms with E-state index in [0.717, 1.165) is 55.1 Å². The van der Waals surface area contributed by atoms with Gasteiger partial charge in [-0.1, -0.05) is 121 Å². The molecule has 5 heterocycles. The predicted octanol–water partition coefficient (Wildman–Crippen LogP) is 15.8. The quantitative estimate of drug-likeness (QED) is 0.177. The zero-order valence-corrected chi connectivity index (χ0v) is 34.5. The largest absolute Gasteiger partial charge is 0.456 e. The van der Waals surface area contributed by atoms with Crippen LogP contribution < -0.4 is 0 Å². The van der Waals surface area contributed by atoms with Gasteiger partial charge in [0.1, 0.15) is 11.2 Å². The van der Waals surface area contributed by atoms with Gasteiger partial charge in [0.25, 0.3) is 0 Å². The standard InChI is InChI=1S/C55H30N4OS2/c1-2-14-32-30-43-40(29-31(32)13-1)33-15-3-7-21-41(33)59(43)42-28-27-39(51-36-18-6-10-25-47(36)62-52(42)51)55-57-53(37-19-11-23-45-49(37)34-16-4-8-22-44(34)60-45)56-54(58-55)38-20-12-26-48-50(38)35-17-5-9-24-46(35)61-48/h1-30H. The van der Waals surface area contributed by atoms with Crippen LogP contribution in [-0.2, 0) is 0 Å². The molecule has 5 nitrogen and oxygen atoms in total. The second-order valence-electron chi connectivity index (χ2n) is 15.9. The van der Waals surface area contributed by atoms with E-state index in [9.17, 15) is 0 Å². The van der Waals surface area contributed by atoms with Crippen molar-refractivity contribution in [2.45, 2.75) is 0 Å². The van der Waals surface area contributed by atoms with Crippen molar-refractivity contribution in [2.75, 3.05) is 0 Å². The molecule has 5 aromatic heterocycles. The Labute approximate surface area is 361 Å². The summed E-state index contributed by atoms with van der Waals surface area (Å²) in [4.78, 5) is 16.3. The van der Waals surface area contributed by atoms with Gasteiger partial charge in [0, 0.05) is 73.9 Å². The molecule has 0 atom stereocenters. The second-order valence-corrected chi connectivity index (χ2v) is 18.0. The molecule has 9 aromatic carbocycles. The van der Waals surface area contributed by atoms with Crippen LogP contribution in [0.1, 0.15) is 0 Å². The first kappa shape index (κ1) is 34.0. The van der Waals surface area contributed by atoms with E-state index < -0.39 is 0 Å². The lowest BCUT2D eigenvalue weighted by Gasteiger charge is -2.14. The monoisotopic (exact) mass is 826 g/mol. The van der Waals surface area contributed by atoms with Gasteiger partial charge in [-0.15, -0.1) is 22.7 Å². The molecule has 0 aliphatic heterocycles. The molecule has 0 aliphatic carbocycles. The zero-order valence-electron chi connectivity index (χ0n) is 32.8. The maximum Gasteiger partial charge on any atom is 0.164 e. The summed E-state index contributed by atoms with van der Waals surface area (Å²) in [5, 5.41) is 11.6. The summed E-state index contributed by atoms with van der Waals surface area (Å²) in [6, 6.07) is 64.8. The maximum atomic E-state index is 6.40. The Kier molecular flexibility index (Phi) is 7.08. The number of nitrogens with zero attached hydrogens (tertiary/aromatic N) is 4. The summed E-state index contributed by atoms with van der Waals surface area (Å²) in [5.74, 6) is 1.86. The smallest absolute Gasteiger partial charge is 0.164 e. The lowest BCUT2D eigenvalue weighted by Crippen LogP contribution is -2.02. The van der Waals surface area contributed by atoms with E-state index in [1.807, 2.05) is 35.6 Å². The fraction of sp³-hybridized carbons (Fsp3) is 0. The molecule has 0 aliphatic rings. The third-order valence-electron chi connectivity index (χ3n) is 12.4. The van der Waals surface area contributed by atoms with Gasteiger partial charge in [-0.3, -0.25) is 0 Å². The molecule has 0 bridgehead atoms. The molecule has 0 radical (unpaired) electrons. The maximum absolute atomic E-state index is 6.40. The molecule has 0 amide bonds. The van der Waals surface area contributed by atoms with Crippen LogP contribution in [0.4, 0.5) is 0 Å². The lowest BCUT2D eigenvalue weighted by atomic mass is 10.0. The van der Waals surface area contributed by atoms with Gasteiger partial charge in [-0.05, 0) is 71.4 Å². The van der Waals surface area contributed by atoms with E-state index in [1.165, 1.54) is 62.2 Å². The topological polar surface area (TPSA) is 56.7 Å². The Morgan fingerprint density at radius 3 is 1.73 bits per heavy atom. The molecule has 62 heavy (non-hydrogen) atoms. The van der Waals surface area contributed by atoms with Crippen molar-refractivity contribution >= 4 is 118 Å². The third kappa shape index (κ3) is 4.86. The molecular weight excluding hydrogens is 797 g/mol. The zero-order chi connectivity index (χ0) is 40.5. The Morgan fingerprint density at radius 1 is 0.371 bits per heavy atom. The molecule has 0 fully saturated rings. The summed E-state index contributed by atoms with van der Waals surface area (Å²) in [7, 11) is 0. The van der Waals surface area contributed by atoms with Gasteiger partial charge in [0.15, 0.2) is 17.5 Å². The van der Waals surface area contributed by atoms with Crippen LogP contribution >= 0.6 is 22.7 Å². The van der Waals surface area contributed by atoms with Crippen LogP contribution in [-0.4, -0.2) is 19.5 Å². The van der Waals surface area contributed by atoms with Crippen molar-refractivity contribution in [1.29, 1.82) is 0 Å². The molecule has 0 N–H and O–H groups in total. The molecular formula is C55H30N4OS2. The van der Waals surface area contributed by atoms with Crippen LogP contribution in [0.15, 0.2) is 186 Å². The lowest BCUT2D eigenvalue weighted by molar-refractivity contribution is 0.669. The van der Waals surface area contributed by atoms with E-state index >= 15 is 0 Å². The number of furan rings is 1. The van der Waals surface area contributed by atoms with E-state index in [0.29, 0.717) is 17.5 Å². The van der Waals surface area contributed by atoms with Crippen molar-refractivity contribution in [2.24, 2.45) is 0 Å². The summed E-state index contributed by atoms with van der Waals surface area (Å²) in [5.41, 5.74) is 7.96. The number of rotatable bonds is 4. The van der Waals surface area contributed by atoms with Gasteiger partial charge in [0.2, 0.25) is 0 Å². The van der Waals surface area contributed by atoms with Gasteiger partial charge in [-0.25, -0.2) is 15.0 Å². The highest BCUT2D eigenvalue weighted by molar-refractivity contribution is 7.26. The number of fused-ring (bicyclic) bond motifs is 13. The minimum Gasteiger partial charge on any atom is -0.456 e. The van der Waals surface area contributed by atoms with E-state index in [2.05, 4.69) is 162 Å². The first-order valence-electron chi connectivity index (χ1n) is 20.7. The predicted molar refractivity (Wildman–Crippen MR) is 261 cm³/mol. The van der Waals surface area contributed by atoms with Gasteiger partial charge in [-0.2, -0.15) is 0 Å². The Bertz CT molecular complexity index is 4060. The van der Waals surface area contributed by atoms with Crippen molar-refractivity contribution in [3.63, 3.8) is 0 Å². The highest BCUT2D eigenvalue weighted by atomic mass is 32.1. The summed E-state index contributed by atoms with van der Waals surface area (Å²) >= 11 is 3.62. The molecule has 14 rings (SSSR count). The molecule has 7 heteroatoms. The number of hydrogen-bond donors (Lipinski definition) is 0. The molecule has 288 valence electrons. The number of thiophene rings is 2. The normalized spacial score (nSPS) is 12.2. The number of aromatic nitrogens is 4. The summed E-state index contributed by atoms with van der Waals surface area (Å²) in [6.45, 7) is 0. The van der Waals surface area contributed by atoms with E-state index in [4.69, 9.17) is 19.4 Å². The van der Waals surface area contributed by atoms with Crippen molar-refractivity contribution in [3.8, 4) is 39.9 Å². The molecule has 14 aromatic rings. The number of hydrogen-bond acceptors (Lipinski definition) is 6. The minimum absolute atomic E-state index is 0.602. The SMILES string of the molecule is c1ccc2cc3c(cc2c1)c1ccccc1n3-c1ccc(-c2nc(-c3cccc4oc5ccccc5c34)nc(-c3cccc4sc5ccccc5c34)n2)c2c1sc1ccccc12. The Hall–Kier alpha value is -7.71. The minimum atomic E-state index is 0.602. The van der Waals surface area contributed by atoms with Crippen LogP contribution in [0, 0.1) is 0 Å².